The first kappa shape index (κ1) is 35.7. The molecule has 59 heavy (non-hydrogen) atoms. The molecule has 0 fully saturated rings. The molecule has 1 nitrogen and oxygen atoms in total. The van der Waals surface area contributed by atoms with Crippen LogP contribution < -0.4 is 4.90 Å². The molecule has 0 bridgehead atoms. The van der Waals surface area contributed by atoms with Crippen molar-refractivity contribution < 1.29 is 0 Å². The lowest BCUT2D eigenvalue weighted by molar-refractivity contribution is 0.660. The number of hydrogen-bond donors (Lipinski definition) is 0. The van der Waals surface area contributed by atoms with Crippen LogP contribution in [0.25, 0.3) is 53.6 Å². The number of para-hydroxylation sites is 1. The number of nitrogens with zero attached hydrogens (tertiary/aromatic N) is 1. The Hall–Kier alpha value is -6.48. The van der Waals surface area contributed by atoms with E-state index in [1.807, 2.05) is 11.3 Å². The van der Waals surface area contributed by atoms with Crippen LogP contribution in [0.5, 0.6) is 0 Å². The van der Waals surface area contributed by atoms with Crippen molar-refractivity contribution in [2.75, 3.05) is 4.90 Å². The summed E-state index contributed by atoms with van der Waals surface area (Å²) in [5, 5.41) is 2.66. The summed E-state index contributed by atoms with van der Waals surface area (Å²) in [4.78, 5) is 2.41. The van der Waals surface area contributed by atoms with Gasteiger partial charge in [0.15, 0.2) is 0 Å². The summed E-state index contributed by atoms with van der Waals surface area (Å²) in [5.74, 6) is 0.896. The highest BCUT2D eigenvalue weighted by Crippen LogP contribution is 2.52. The second-order valence-electron chi connectivity index (χ2n) is 16.8. The molecular formula is C57H45NS. The highest BCUT2D eigenvalue weighted by Gasteiger charge is 2.36. The van der Waals surface area contributed by atoms with Crippen molar-refractivity contribution in [2.45, 2.75) is 38.0 Å². The van der Waals surface area contributed by atoms with E-state index in [9.17, 15) is 0 Å². The molecule has 0 N–H and O–H groups in total. The lowest BCUT2D eigenvalue weighted by atomic mass is 9.81. The smallest absolute Gasteiger partial charge is 0.0465 e. The van der Waals surface area contributed by atoms with Gasteiger partial charge >= 0.3 is 0 Å². The SMILES string of the molecule is CC1(C)c2cc(-c3ccc4sc5ccc(-c6ccccc6)cc5c4c3)ccc2-c2ccc(N(c3ccccc3)c3ccc(C4C=CC(C5C=CC=CC5)=CC4)cc3)cc21. The predicted octanol–water partition coefficient (Wildman–Crippen LogP) is 16.3. The molecule has 2 atom stereocenters. The third-order valence-electron chi connectivity index (χ3n) is 13.0. The zero-order valence-corrected chi connectivity index (χ0v) is 34.3. The zero-order valence-electron chi connectivity index (χ0n) is 33.5. The zero-order chi connectivity index (χ0) is 39.5. The van der Waals surface area contributed by atoms with Crippen molar-refractivity contribution in [3.63, 3.8) is 0 Å². The first-order chi connectivity index (χ1) is 29.0. The van der Waals surface area contributed by atoms with Crippen LogP contribution in [0.3, 0.4) is 0 Å². The van der Waals surface area contributed by atoms with Crippen LogP contribution >= 0.6 is 11.3 Å². The molecule has 1 aromatic heterocycles. The molecule has 8 aromatic rings. The molecule has 1 heterocycles. The van der Waals surface area contributed by atoms with Crippen LogP contribution in [0.2, 0.25) is 0 Å². The number of anilines is 3. The maximum Gasteiger partial charge on any atom is 0.0465 e. The molecule has 0 radical (unpaired) electrons. The number of allylic oxidation sites excluding steroid dienone is 8. The van der Waals surface area contributed by atoms with Crippen molar-refractivity contribution in [1.29, 1.82) is 0 Å². The predicted molar refractivity (Wildman–Crippen MR) is 253 cm³/mol. The fourth-order valence-corrected chi connectivity index (χ4v) is 10.8. The third kappa shape index (κ3) is 6.31. The summed E-state index contributed by atoms with van der Waals surface area (Å²) in [6.45, 7) is 4.79. The quantitative estimate of drug-likeness (QED) is 0.156. The summed E-state index contributed by atoms with van der Waals surface area (Å²) >= 11 is 1.88. The molecule has 284 valence electrons. The second-order valence-corrected chi connectivity index (χ2v) is 17.9. The van der Waals surface area contributed by atoms with E-state index < -0.39 is 0 Å². The van der Waals surface area contributed by atoms with Gasteiger partial charge in [0.2, 0.25) is 0 Å². The average Bonchev–Trinajstić information content (AvgIpc) is 3.78. The Morgan fingerprint density at radius 3 is 1.80 bits per heavy atom. The first-order valence-corrected chi connectivity index (χ1v) is 21.8. The minimum absolute atomic E-state index is 0.171. The summed E-state index contributed by atoms with van der Waals surface area (Å²) in [7, 11) is 0. The standard InChI is InChI=1S/C57H45NS/c1-57(2)53-36-45(44-26-33-56-52(35-44)51-34-43(25-32-55(51)59-56)39-14-8-4-9-15-39)24-30-49(53)50-31-29-48(37-54(50)57)58(46-16-10-5-11-17-46)47-27-22-42(23-28-47)41-20-18-40(19-21-41)38-12-6-3-7-13-38/h3-12,14-20,22-38,41H,13,21H2,1-2H3. The first-order valence-electron chi connectivity index (χ1n) is 21.0. The average molecular weight is 776 g/mol. The second kappa shape index (κ2) is 14.4. The van der Waals surface area contributed by atoms with E-state index in [1.165, 1.54) is 81.5 Å². The number of fused-ring (bicyclic) bond motifs is 6. The van der Waals surface area contributed by atoms with Crippen molar-refractivity contribution >= 4 is 48.6 Å². The molecule has 0 aliphatic heterocycles. The third-order valence-corrected chi connectivity index (χ3v) is 14.1. The minimum Gasteiger partial charge on any atom is -0.310 e. The van der Waals surface area contributed by atoms with E-state index in [0.29, 0.717) is 11.8 Å². The van der Waals surface area contributed by atoms with E-state index >= 15 is 0 Å². The molecule has 2 heteroatoms. The van der Waals surface area contributed by atoms with Crippen molar-refractivity contribution in [3.8, 4) is 33.4 Å². The Morgan fingerprint density at radius 1 is 0.508 bits per heavy atom. The van der Waals surface area contributed by atoms with Gasteiger partial charge in [-0.1, -0.05) is 147 Å². The monoisotopic (exact) mass is 775 g/mol. The fraction of sp³-hybridized carbons (Fsp3) is 0.123. The summed E-state index contributed by atoms with van der Waals surface area (Å²) in [5.41, 5.74) is 16.6. The van der Waals surface area contributed by atoms with Gasteiger partial charge in [0.05, 0.1) is 0 Å². The highest BCUT2D eigenvalue weighted by atomic mass is 32.1. The Labute approximate surface area is 351 Å². The van der Waals surface area contributed by atoms with E-state index in [0.717, 1.165) is 24.2 Å². The Bertz CT molecular complexity index is 3010. The molecule has 0 saturated carbocycles. The van der Waals surface area contributed by atoms with Crippen LogP contribution in [0, 0.1) is 5.92 Å². The highest BCUT2D eigenvalue weighted by molar-refractivity contribution is 7.25. The minimum atomic E-state index is -0.171. The van der Waals surface area contributed by atoms with E-state index in [-0.39, 0.29) is 5.41 Å². The number of rotatable bonds is 7. The Kier molecular flexibility index (Phi) is 8.71. The molecule has 0 spiro atoms. The summed E-state index contributed by atoms with van der Waals surface area (Å²) < 4.78 is 2.66. The van der Waals surface area contributed by atoms with Gasteiger partial charge in [-0.3, -0.25) is 0 Å². The summed E-state index contributed by atoms with van der Waals surface area (Å²) in [6, 6.07) is 59.0. The molecule has 11 rings (SSSR count). The molecule has 0 saturated heterocycles. The van der Waals surface area contributed by atoms with E-state index in [1.54, 1.807) is 0 Å². The molecule has 3 aliphatic carbocycles. The van der Waals surface area contributed by atoms with Crippen LogP contribution in [0.1, 0.15) is 49.3 Å². The number of benzene rings is 7. The Morgan fingerprint density at radius 2 is 1.12 bits per heavy atom. The Balaban J connectivity index is 0.906. The van der Waals surface area contributed by atoms with Crippen LogP contribution in [-0.2, 0) is 5.41 Å². The number of hydrogen-bond acceptors (Lipinski definition) is 2. The van der Waals surface area contributed by atoms with Crippen molar-refractivity contribution in [1.82, 2.24) is 0 Å². The molecular weight excluding hydrogens is 731 g/mol. The maximum absolute atomic E-state index is 2.45. The number of thiophene rings is 1. The van der Waals surface area contributed by atoms with E-state index in [4.69, 9.17) is 0 Å². The van der Waals surface area contributed by atoms with Crippen LogP contribution in [0.15, 0.2) is 206 Å². The lowest BCUT2D eigenvalue weighted by Crippen LogP contribution is -2.16. The van der Waals surface area contributed by atoms with Gasteiger partial charge in [0.25, 0.3) is 0 Å². The van der Waals surface area contributed by atoms with Crippen LogP contribution in [0.4, 0.5) is 17.1 Å². The van der Waals surface area contributed by atoms with E-state index in [2.05, 4.69) is 219 Å². The molecule has 0 amide bonds. The largest absolute Gasteiger partial charge is 0.310 e. The normalized spacial score (nSPS) is 17.6. The topological polar surface area (TPSA) is 3.24 Å². The van der Waals surface area contributed by atoms with Gasteiger partial charge < -0.3 is 4.90 Å². The van der Waals surface area contributed by atoms with Gasteiger partial charge in [-0.15, -0.1) is 11.3 Å². The van der Waals surface area contributed by atoms with Gasteiger partial charge in [-0.2, -0.15) is 0 Å². The van der Waals surface area contributed by atoms with Crippen molar-refractivity contribution in [3.05, 3.63) is 223 Å². The molecule has 7 aromatic carbocycles. The van der Waals surface area contributed by atoms with Gasteiger partial charge in [-0.05, 0) is 135 Å². The molecule has 3 aliphatic rings. The molecule has 2 unspecified atom stereocenters. The lowest BCUT2D eigenvalue weighted by Gasteiger charge is -2.28. The van der Waals surface area contributed by atoms with Gasteiger partial charge in [0.1, 0.15) is 0 Å². The van der Waals surface area contributed by atoms with Gasteiger partial charge in [0, 0.05) is 54.5 Å². The van der Waals surface area contributed by atoms with Crippen molar-refractivity contribution in [2.24, 2.45) is 5.92 Å². The van der Waals surface area contributed by atoms with Gasteiger partial charge in [-0.25, -0.2) is 0 Å². The maximum atomic E-state index is 2.45. The fourth-order valence-electron chi connectivity index (χ4n) is 9.69. The summed E-state index contributed by atoms with van der Waals surface area (Å²) in [6.07, 6.45) is 18.3. The van der Waals surface area contributed by atoms with Crippen LogP contribution in [-0.4, -0.2) is 0 Å².